The van der Waals surface area contributed by atoms with Gasteiger partial charge in [-0.15, -0.1) is 0 Å². The lowest BCUT2D eigenvalue weighted by Crippen LogP contribution is -2.51. The van der Waals surface area contributed by atoms with Crippen LogP contribution in [-0.2, 0) is 23.8 Å². The molecule has 0 amide bonds. The minimum atomic E-state index is -0.975. The number of carbonyl (C=O) groups excluding carboxylic acids is 2. The van der Waals surface area contributed by atoms with E-state index in [0.29, 0.717) is 32.1 Å². The van der Waals surface area contributed by atoms with Gasteiger partial charge in [0.1, 0.15) is 23.9 Å². The highest BCUT2D eigenvalue weighted by Gasteiger charge is 2.74. The van der Waals surface area contributed by atoms with Crippen LogP contribution in [0.2, 0.25) is 0 Å². The molecule has 0 spiro atoms. The molecule has 0 aromatic carbocycles. The van der Waals surface area contributed by atoms with Crippen molar-refractivity contribution in [2.45, 2.75) is 144 Å². The van der Waals surface area contributed by atoms with Gasteiger partial charge in [-0.05, 0) is 70.9 Å². The molecule has 0 aromatic rings. The first-order valence-electron chi connectivity index (χ1n) is 19.2. The van der Waals surface area contributed by atoms with Crippen LogP contribution in [0.15, 0.2) is 107 Å². The fourth-order valence-electron chi connectivity index (χ4n) is 8.40. The number of aliphatic hydroxyl groups is 2. The average Bonchev–Trinajstić information content (AvgIpc) is 3.64. The standard InChI is InChI=1S/C46H66O7/c1-12-17-41(49)51-32-37(26-27-46-43(8,9)28-38(48)29-45(46,11)53-46)23-16-22-34(3)19-14-13-18-33(2)20-15-21-35(4)24-25-40-42(6,7)30-39(52-36(5)47)31-44(40,10)50/h13-16,18-27,38-40,48,50H,12,17,28-32H2,1-11H3/b14-13+,20-15+,22-16+,25-24?,27-26+,33-18+,34-19+,35-21+,37-23-/t38-,39-,40?,44+,45+,46-/m0/s1. The molecule has 2 saturated carbocycles. The van der Waals surface area contributed by atoms with E-state index in [4.69, 9.17) is 14.2 Å². The van der Waals surface area contributed by atoms with Gasteiger partial charge in [-0.3, -0.25) is 9.59 Å². The highest BCUT2D eigenvalue weighted by molar-refractivity contribution is 5.69. The molecular weight excluding hydrogens is 664 g/mol. The Hall–Kier alpha value is -3.52. The van der Waals surface area contributed by atoms with E-state index in [1.54, 1.807) is 0 Å². The van der Waals surface area contributed by atoms with Crippen LogP contribution >= 0.6 is 0 Å². The molecular formula is C46H66O7. The first-order chi connectivity index (χ1) is 24.6. The van der Waals surface area contributed by atoms with Crippen LogP contribution < -0.4 is 0 Å². The van der Waals surface area contributed by atoms with E-state index in [0.717, 1.165) is 28.7 Å². The van der Waals surface area contributed by atoms with Gasteiger partial charge >= 0.3 is 11.9 Å². The predicted molar refractivity (Wildman–Crippen MR) is 215 cm³/mol. The van der Waals surface area contributed by atoms with E-state index >= 15 is 0 Å². The van der Waals surface area contributed by atoms with Crippen LogP contribution in [0, 0.1) is 16.7 Å². The molecule has 53 heavy (non-hydrogen) atoms. The average molecular weight is 731 g/mol. The van der Waals surface area contributed by atoms with Gasteiger partial charge in [-0.25, -0.2) is 0 Å². The fraction of sp³-hybridized carbons (Fsp3) is 0.565. The molecule has 3 rings (SSSR count). The molecule has 7 nitrogen and oxygen atoms in total. The van der Waals surface area contributed by atoms with Crippen LogP contribution in [0.5, 0.6) is 0 Å². The number of aliphatic hydroxyl groups excluding tert-OH is 1. The molecule has 1 saturated heterocycles. The highest BCUT2D eigenvalue weighted by Crippen LogP contribution is 2.66. The summed E-state index contributed by atoms with van der Waals surface area (Å²) in [7, 11) is 0. The zero-order valence-electron chi connectivity index (χ0n) is 34.2. The minimum Gasteiger partial charge on any atom is -0.462 e. The SMILES string of the molecule is CCCC(=O)OCC(=C\C=C\C(C)=C\C=C\C=C(C)\C=C\C=C(/C)C=CC1C(C)(C)C[C@H](OC(C)=O)C[C@@]1(C)O)/C=C/[C@@]12O[C@]1(C)C[C@@H](O)CC2(C)C. The molecule has 292 valence electrons. The van der Waals surface area contributed by atoms with Crippen molar-refractivity contribution in [3.05, 3.63) is 107 Å². The Labute approximate surface area is 319 Å². The third-order valence-corrected chi connectivity index (χ3v) is 10.9. The quantitative estimate of drug-likeness (QED) is 0.0982. The number of rotatable bonds is 15. The summed E-state index contributed by atoms with van der Waals surface area (Å²) in [6.45, 7) is 22.1. The third-order valence-electron chi connectivity index (χ3n) is 10.9. The van der Waals surface area contributed by atoms with Crippen molar-refractivity contribution in [3.63, 3.8) is 0 Å². The summed E-state index contributed by atoms with van der Waals surface area (Å²) in [4.78, 5) is 23.6. The van der Waals surface area contributed by atoms with Crippen LogP contribution in [0.4, 0.5) is 0 Å². The van der Waals surface area contributed by atoms with Crippen LogP contribution in [-0.4, -0.2) is 57.8 Å². The Morgan fingerprint density at radius 1 is 0.774 bits per heavy atom. The maximum absolute atomic E-state index is 12.1. The van der Waals surface area contributed by atoms with E-state index in [-0.39, 0.29) is 47.5 Å². The van der Waals surface area contributed by atoms with Gasteiger partial charge in [0.15, 0.2) is 0 Å². The fourth-order valence-corrected chi connectivity index (χ4v) is 8.40. The van der Waals surface area contributed by atoms with Gasteiger partial charge in [0.25, 0.3) is 0 Å². The van der Waals surface area contributed by atoms with E-state index in [1.165, 1.54) is 6.92 Å². The van der Waals surface area contributed by atoms with Crippen molar-refractivity contribution in [3.8, 4) is 0 Å². The molecule has 0 radical (unpaired) electrons. The second kappa shape index (κ2) is 18.2. The first-order valence-corrected chi connectivity index (χ1v) is 19.2. The number of epoxide rings is 1. The monoisotopic (exact) mass is 730 g/mol. The second-order valence-corrected chi connectivity index (χ2v) is 17.2. The lowest BCUT2D eigenvalue weighted by Gasteiger charge is -2.49. The molecule has 6 atom stereocenters. The third kappa shape index (κ3) is 12.2. The normalized spacial score (nSPS) is 32.3. The smallest absolute Gasteiger partial charge is 0.306 e. The van der Waals surface area contributed by atoms with Crippen molar-refractivity contribution in [1.29, 1.82) is 0 Å². The number of ether oxygens (including phenoxy) is 3. The Morgan fingerprint density at radius 3 is 1.92 bits per heavy atom. The topological polar surface area (TPSA) is 106 Å². The van der Waals surface area contributed by atoms with E-state index < -0.39 is 16.8 Å². The summed E-state index contributed by atoms with van der Waals surface area (Å²) >= 11 is 0. The van der Waals surface area contributed by atoms with Gasteiger partial charge < -0.3 is 24.4 Å². The van der Waals surface area contributed by atoms with Crippen molar-refractivity contribution >= 4 is 11.9 Å². The lowest BCUT2D eigenvalue weighted by atomic mass is 9.61. The molecule has 3 aliphatic rings. The Morgan fingerprint density at radius 2 is 1.36 bits per heavy atom. The summed E-state index contributed by atoms with van der Waals surface area (Å²) < 4.78 is 17.3. The Bertz CT molecular complexity index is 1570. The summed E-state index contributed by atoms with van der Waals surface area (Å²) in [6.07, 6.45) is 31.3. The van der Waals surface area contributed by atoms with Gasteiger partial charge in [-0.1, -0.05) is 130 Å². The lowest BCUT2D eigenvalue weighted by molar-refractivity contribution is -0.163. The Balaban J connectivity index is 1.60. The highest BCUT2D eigenvalue weighted by atomic mass is 16.6. The van der Waals surface area contributed by atoms with Gasteiger partial charge in [0.2, 0.25) is 0 Å². The molecule has 1 heterocycles. The molecule has 1 unspecified atom stereocenters. The van der Waals surface area contributed by atoms with Crippen LogP contribution in [0.3, 0.4) is 0 Å². The number of esters is 2. The number of fused-ring (bicyclic) bond motifs is 1. The van der Waals surface area contributed by atoms with Crippen LogP contribution in [0.1, 0.15) is 115 Å². The number of carbonyl (C=O) groups is 2. The van der Waals surface area contributed by atoms with Crippen molar-refractivity contribution < 1.29 is 34.0 Å². The van der Waals surface area contributed by atoms with Crippen LogP contribution in [0.25, 0.3) is 0 Å². The molecule has 2 N–H and O–H groups in total. The van der Waals surface area contributed by atoms with Crippen molar-refractivity contribution in [1.82, 2.24) is 0 Å². The largest absolute Gasteiger partial charge is 0.462 e. The second-order valence-electron chi connectivity index (χ2n) is 17.2. The molecule has 1 aliphatic heterocycles. The van der Waals surface area contributed by atoms with E-state index in [1.807, 2.05) is 76.3 Å². The molecule has 2 aliphatic carbocycles. The maximum Gasteiger partial charge on any atom is 0.306 e. The molecule has 7 heteroatoms. The zero-order valence-corrected chi connectivity index (χ0v) is 34.2. The number of hydrogen-bond donors (Lipinski definition) is 2. The van der Waals surface area contributed by atoms with Gasteiger partial charge in [0, 0.05) is 37.5 Å². The summed E-state index contributed by atoms with van der Waals surface area (Å²) in [5, 5.41) is 21.6. The molecule has 0 aromatic heterocycles. The predicted octanol–water partition coefficient (Wildman–Crippen LogP) is 9.70. The molecule has 3 fully saturated rings. The summed E-state index contributed by atoms with van der Waals surface area (Å²) in [5.41, 5.74) is 1.83. The van der Waals surface area contributed by atoms with E-state index in [9.17, 15) is 19.8 Å². The number of allylic oxidation sites excluding steroid dienone is 14. The summed E-state index contributed by atoms with van der Waals surface area (Å²) in [6, 6.07) is 0. The number of hydrogen-bond acceptors (Lipinski definition) is 7. The van der Waals surface area contributed by atoms with Crippen molar-refractivity contribution in [2.75, 3.05) is 6.61 Å². The van der Waals surface area contributed by atoms with Gasteiger partial charge in [0.05, 0.1) is 11.7 Å². The zero-order chi connectivity index (χ0) is 39.7. The minimum absolute atomic E-state index is 0.0723. The summed E-state index contributed by atoms with van der Waals surface area (Å²) in [5.74, 6) is -0.592. The molecule has 0 bridgehead atoms. The van der Waals surface area contributed by atoms with Gasteiger partial charge in [-0.2, -0.15) is 0 Å². The maximum atomic E-state index is 12.1. The van der Waals surface area contributed by atoms with Crippen molar-refractivity contribution in [2.24, 2.45) is 16.7 Å². The van der Waals surface area contributed by atoms with E-state index in [2.05, 4.69) is 78.0 Å². The first kappa shape index (κ1) is 43.9. The Kier molecular flexibility index (Phi) is 15.1.